The summed E-state index contributed by atoms with van der Waals surface area (Å²) in [6.07, 6.45) is 0. The predicted molar refractivity (Wildman–Crippen MR) is 76.9 cm³/mol. The molecule has 98 valence electrons. The molecule has 0 radical (unpaired) electrons. The molecule has 0 heterocycles. The Balaban J connectivity index is 2.05. The first-order valence-corrected chi connectivity index (χ1v) is 6.71. The maximum Gasteiger partial charge on any atom is 0.338 e. The zero-order chi connectivity index (χ0) is 13.8. The zero-order valence-electron chi connectivity index (χ0n) is 9.77. The van der Waals surface area contributed by atoms with Crippen molar-refractivity contribution >= 4 is 34.5 Å². The van der Waals surface area contributed by atoms with Crippen molar-refractivity contribution < 1.29 is 13.9 Å². The largest absolute Gasteiger partial charge is 0.457 e. The highest BCUT2D eigenvalue weighted by atomic mass is 79.9. The van der Waals surface area contributed by atoms with Crippen molar-refractivity contribution in [1.29, 1.82) is 0 Å². The van der Waals surface area contributed by atoms with Crippen LogP contribution in [-0.2, 0) is 11.3 Å². The summed E-state index contributed by atoms with van der Waals surface area (Å²) in [5, 5.41) is 0. The summed E-state index contributed by atoms with van der Waals surface area (Å²) >= 11 is 7.30. The molecule has 0 atom stereocenters. The van der Waals surface area contributed by atoms with Crippen LogP contribution in [-0.4, -0.2) is 5.97 Å². The van der Waals surface area contributed by atoms with Gasteiger partial charge in [-0.1, -0.05) is 34.1 Å². The van der Waals surface area contributed by atoms with Gasteiger partial charge in [0.25, 0.3) is 0 Å². The van der Waals surface area contributed by atoms with Gasteiger partial charge in [0.2, 0.25) is 0 Å². The molecule has 0 saturated carbocycles. The third-order valence-electron chi connectivity index (χ3n) is 2.50. The quantitative estimate of drug-likeness (QED) is 0.668. The van der Waals surface area contributed by atoms with E-state index in [-0.39, 0.29) is 17.1 Å². The van der Waals surface area contributed by atoms with Crippen molar-refractivity contribution in [2.75, 3.05) is 0 Å². The van der Waals surface area contributed by atoms with Gasteiger partial charge in [0.05, 0.1) is 5.56 Å². The average Bonchev–Trinajstić information content (AvgIpc) is 2.40. The second-order valence-electron chi connectivity index (χ2n) is 3.83. The highest BCUT2D eigenvalue weighted by Gasteiger charge is 2.10. The monoisotopic (exact) mass is 340 g/mol. The molecule has 0 aromatic heterocycles. The van der Waals surface area contributed by atoms with Crippen molar-refractivity contribution in [1.82, 2.24) is 0 Å². The van der Waals surface area contributed by atoms with Crippen LogP contribution in [0.5, 0.6) is 0 Å². The summed E-state index contributed by atoms with van der Waals surface area (Å²) in [6.45, 7) is 0.152. The fraction of sp³-hybridized carbons (Fsp3) is 0.0714. The number of ether oxygens (including phenoxy) is 1. The van der Waals surface area contributed by atoms with Crippen LogP contribution in [0.25, 0.3) is 0 Å². The van der Waals surface area contributed by atoms with E-state index in [2.05, 4.69) is 28.6 Å². The Morgan fingerprint density at radius 3 is 2.68 bits per heavy atom. The second kappa shape index (κ2) is 6.21. The molecule has 0 aliphatic heterocycles. The Morgan fingerprint density at radius 1 is 1.26 bits per heavy atom. The molecule has 2 aromatic carbocycles. The maximum atomic E-state index is 13.0. The van der Waals surface area contributed by atoms with Crippen molar-refractivity contribution in [3.8, 4) is 0 Å². The normalized spacial score (nSPS) is 10.3. The first kappa shape index (κ1) is 14.1. The molecule has 2 rings (SSSR count). The Hall–Kier alpha value is -1.33. The highest BCUT2D eigenvalue weighted by Crippen LogP contribution is 2.18. The Bertz CT molecular complexity index is 616. The maximum absolute atomic E-state index is 13.0. The molecule has 5 heteroatoms. The smallest absolute Gasteiger partial charge is 0.338 e. The van der Waals surface area contributed by atoms with Gasteiger partial charge in [-0.15, -0.1) is 12.6 Å². The lowest BCUT2D eigenvalue weighted by atomic mass is 10.2. The van der Waals surface area contributed by atoms with Crippen LogP contribution in [0, 0.1) is 5.82 Å². The number of carbonyl (C=O) groups excluding carboxylic acids is 1. The molecule has 19 heavy (non-hydrogen) atoms. The van der Waals surface area contributed by atoms with Gasteiger partial charge in [-0.3, -0.25) is 0 Å². The van der Waals surface area contributed by atoms with E-state index in [4.69, 9.17) is 4.74 Å². The van der Waals surface area contributed by atoms with Crippen LogP contribution >= 0.6 is 28.6 Å². The minimum absolute atomic E-state index is 0.121. The van der Waals surface area contributed by atoms with Crippen LogP contribution in [0.4, 0.5) is 4.39 Å². The number of esters is 1. The number of halogens is 2. The van der Waals surface area contributed by atoms with E-state index >= 15 is 0 Å². The van der Waals surface area contributed by atoms with E-state index in [9.17, 15) is 9.18 Å². The van der Waals surface area contributed by atoms with Gasteiger partial charge in [-0.2, -0.15) is 0 Å². The van der Waals surface area contributed by atoms with E-state index in [0.29, 0.717) is 0 Å². The number of hydrogen-bond donors (Lipinski definition) is 1. The molecule has 0 spiro atoms. The third kappa shape index (κ3) is 3.58. The van der Waals surface area contributed by atoms with Crippen molar-refractivity contribution in [2.24, 2.45) is 0 Å². The lowest BCUT2D eigenvalue weighted by Gasteiger charge is -2.07. The van der Waals surface area contributed by atoms with Gasteiger partial charge in [0, 0.05) is 14.9 Å². The summed E-state index contributed by atoms with van der Waals surface area (Å²) in [6, 6.07) is 11.4. The molecule has 0 aliphatic carbocycles. The van der Waals surface area contributed by atoms with Gasteiger partial charge in [-0.05, 0) is 24.3 Å². The molecule has 2 nitrogen and oxygen atoms in total. The van der Waals surface area contributed by atoms with Gasteiger partial charge in [-0.25, -0.2) is 9.18 Å². The molecule has 0 saturated heterocycles. The molecule has 0 bridgehead atoms. The lowest BCUT2D eigenvalue weighted by molar-refractivity contribution is 0.0471. The zero-order valence-corrected chi connectivity index (χ0v) is 12.2. The fourth-order valence-electron chi connectivity index (χ4n) is 1.48. The van der Waals surface area contributed by atoms with Crippen LogP contribution < -0.4 is 0 Å². The van der Waals surface area contributed by atoms with Crippen molar-refractivity contribution in [3.63, 3.8) is 0 Å². The molecule has 0 N–H and O–H groups in total. The average molecular weight is 341 g/mol. The standard InChI is InChI=1S/C14H10BrFO2S/c15-11-4-2-1-3-10(11)8-18-14(17)9-5-6-12(16)13(19)7-9/h1-7,19H,8H2. The Kier molecular flexibility index (Phi) is 4.61. The van der Waals surface area contributed by atoms with Gasteiger partial charge in [0.15, 0.2) is 0 Å². The van der Waals surface area contributed by atoms with Crippen LogP contribution in [0.2, 0.25) is 0 Å². The van der Waals surface area contributed by atoms with Crippen LogP contribution in [0.15, 0.2) is 51.8 Å². The molecule has 0 aliphatic rings. The lowest BCUT2D eigenvalue weighted by Crippen LogP contribution is -2.06. The third-order valence-corrected chi connectivity index (χ3v) is 3.61. The number of hydrogen-bond acceptors (Lipinski definition) is 3. The van der Waals surface area contributed by atoms with Gasteiger partial charge >= 0.3 is 5.97 Å². The van der Waals surface area contributed by atoms with E-state index in [1.807, 2.05) is 24.3 Å². The van der Waals surface area contributed by atoms with Crippen molar-refractivity contribution in [2.45, 2.75) is 11.5 Å². The number of rotatable bonds is 3. The molecule has 0 fully saturated rings. The van der Waals surface area contributed by atoms with E-state index in [1.165, 1.54) is 18.2 Å². The predicted octanol–water partition coefficient (Wildman–Crippen LogP) is 4.23. The molecular formula is C14H10BrFO2S. The second-order valence-corrected chi connectivity index (χ2v) is 5.17. The van der Waals surface area contributed by atoms with E-state index in [0.717, 1.165) is 10.0 Å². The van der Waals surface area contributed by atoms with Crippen LogP contribution in [0.3, 0.4) is 0 Å². The summed E-state index contributed by atoms with van der Waals surface area (Å²) in [7, 11) is 0. The number of carbonyl (C=O) groups is 1. The summed E-state index contributed by atoms with van der Waals surface area (Å²) in [5.41, 5.74) is 1.14. The fourth-order valence-corrected chi connectivity index (χ4v) is 2.09. The van der Waals surface area contributed by atoms with Gasteiger partial charge < -0.3 is 4.74 Å². The summed E-state index contributed by atoms with van der Waals surface area (Å²) in [4.78, 5) is 11.9. The SMILES string of the molecule is O=C(OCc1ccccc1Br)c1ccc(F)c(S)c1. The molecular weight excluding hydrogens is 331 g/mol. The van der Waals surface area contributed by atoms with Crippen molar-refractivity contribution in [3.05, 3.63) is 63.9 Å². The Morgan fingerprint density at radius 2 is 2.00 bits per heavy atom. The first-order chi connectivity index (χ1) is 9.08. The van der Waals surface area contributed by atoms with E-state index < -0.39 is 11.8 Å². The Labute approximate surface area is 124 Å². The van der Waals surface area contributed by atoms with Crippen LogP contribution in [0.1, 0.15) is 15.9 Å². The molecule has 0 amide bonds. The topological polar surface area (TPSA) is 26.3 Å². The summed E-state index contributed by atoms with van der Waals surface area (Å²) in [5.74, 6) is -0.975. The van der Waals surface area contributed by atoms with Gasteiger partial charge in [0.1, 0.15) is 12.4 Å². The summed E-state index contributed by atoms with van der Waals surface area (Å²) < 4.78 is 19.1. The minimum atomic E-state index is -0.508. The molecule has 2 aromatic rings. The first-order valence-electron chi connectivity index (χ1n) is 5.47. The highest BCUT2D eigenvalue weighted by molar-refractivity contribution is 9.10. The number of thiol groups is 1. The molecule has 0 unspecified atom stereocenters. The van der Waals surface area contributed by atoms with E-state index in [1.54, 1.807) is 0 Å². The minimum Gasteiger partial charge on any atom is -0.457 e. The number of benzene rings is 2.